The van der Waals surface area contributed by atoms with Gasteiger partial charge in [0.2, 0.25) is 0 Å². The van der Waals surface area contributed by atoms with Gasteiger partial charge in [-0.05, 0) is 43.0 Å². The molecule has 1 saturated heterocycles. The Morgan fingerprint density at radius 3 is 2.84 bits per heavy atom. The molecule has 1 aliphatic heterocycles. The van der Waals surface area contributed by atoms with E-state index in [-0.39, 0.29) is 0 Å². The fraction of sp³-hybridized carbons (Fsp3) is 0.333. The smallest absolute Gasteiger partial charge is 0.183 e. The third-order valence-electron chi connectivity index (χ3n) is 6.28. The summed E-state index contributed by atoms with van der Waals surface area (Å²) >= 11 is 0. The van der Waals surface area contributed by atoms with Crippen LogP contribution in [0.15, 0.2) is 54.7 Å². The Morgan fingerprint density at radius 2 is 1.97 bits per heavy atom. The third kappa shape index (κ3) is 3.77. The number of anilines is 1. The molecular formula is C24H25N7. The number of H-pyrrole nitrogens is 1. The van der Waals surface area contributed by atoms with E-state index in [1.165, 1.54) is 29.5 Å². The Balaban J connectivity index is 1.25. The van der Waals surface area contributed by atoms with Gasteiger partial charge >= 0.3 is 0 Å². The summed E-state index contributed by atoms with van der Waals surface area (Å²) in [5.74, 6) is 2.17. The maximum Gasteiger partial charge on any atom is 0.183 e. The van der Waals surface area contributed by atoms with E-state index in [1.807, 2.05) is 12.1 Å². The fourth-order valence-electron chi connectivity index (χ4n) is 4.49. The van der Waals surface area contributed by atoms with Crippen LogP contribution in [0, 0.1) is 0 Å². The summed E-state index contributed by atoms with van der Waals surface area (Å²) in [6.45, 7) is 2.75. The van der Waals surface area contributed by atoms with Crippen molar-refractivity contribution in [3.8, 4) is 11.4 Å². The van der Waals surface area contributed by atoms with Crippen LogP contribution in [-0.2, 0) is 6.42 Å². The molecule has 1 unspecified atom stereocenters. The molecule has 2 fully saturated rings. The summed E-state index contributed by atoms with van der Waals surface area (Å²) < 4.78 is 0. The van der Waals surface area contributed by atoms with Crippen LogP contribution in [0.1, 0.15) is 30.0 Å². The van der Waals surface area contributed by atoms with Gasteiger partial charge in [0, 0.05) is 48.2 Å². The van der Waals surface area contributed by atoms with Gasteiger partial charge in [-0.15, -0.1) is 5.10 Å². The Kier molecular flexibility index (Phi) is 4.61. The highest BCUT2D eigenvalue weighted by Gasteiger charge is 2.27. The van der Waals surface area contributed by atoms with Gasteiger partial charge in [0.1, 0.15) is 0 Å². The number of hydrogen-bond acceptors (Lipinski definition) is 6. The van der Waals surface area contributed by atoms with E-state index in [4.69, 9.17) is 4.98 Å². The van der Waals surface area contributed by atoms with E-state index in [9.17, 15) is 0 Å². The number of piperazine rings is 1. The number of aromatic amines is 1. The largest absolute Gasteiger partial charge is 0.352 e. The summed E-state index contributed by atoms with van der Waals surface area (Å²) in [5.41, 5.74) is 4.58. The predicted octanol–water partition coefficient (Wildman–Crippen LogP) is 3.31. The molecule has 7 heteroatoms. The third-order valence-corrected chi connectivity index (χ3v) is 6.28. The van der Waals surface area contributed by atoms with Crippen LogP contribution in [0.25, 0.3) is 22.3 Å². The molecule has 6 rings (SSSR count). The molecule has 4 aromatic rings. The Labute approximate surface area is 180 Å². The van der Waals surface area contributed by atoms with Gasteiger partial charge in [-0.2, -0.15) is 10.2 Å². The number of nitrogens with zero attached hydrogens (tertiary/aromatic N) is 5. The lowest BCUT2D eigenvalue weighted by molar-refractivity contribution is 0.452. The minimum absolute atomic E-state index is 0.387. The van der Waals surface area contributed by atoms with Crippen molar-refractivity contribution in [2.75, 3.05) is 24.5 Å². The van der Waals surface area contributed by atoms with Gasteiger partial charge in [0.05, 0.1) is 11.7 Å². The lowest BCUT2D eigenvalue weighted by atomic mass is 10.0. The summed E-state index contributed by atoms with van der Waals surface area (Å²) in [5, 5.41) is 21.1. The monoisotopic (exact) mass is 411 g/mol. The molecular weight excluding hydrogens is 386 g/mol. The second-order valence-corrected chi connectivity index (χ2v) is 8.57. The SMILES string of the molecule is c1ccc(CC2CN(c3cnnc(-c4ccc5n[nH]c(C6CC6)c5c4)n3)CCN2)cc1. The molecule has 31 heavy (non-hydrogen) atoms. The lowest BCUT2D eigenvalue weighted by Crippen LogP contribution is -2.52. The van der Waals surface area contributed by atoms with Crippen LogP contribution in [0.5, 0.6) is 0 Å². The van der Waals surface area contributed by atoms with Gasteiger partial charge in [-0.3, -0.25) is 5.10 Å². The zero-order chi connectivity index (χ0) is 20.6. The van der Waals surface area contributed by atoms with Crippen molar-refractivity contribution in [1.82, 2.24) is 30.7 Å². The maximum atomic E-state index is 4.88. The number of fused-ring (bicyclic) bond motifs is 1. The van der Waals surface area contributed by atoms with Gasteiger partial charge in [0.15, 0.2) is 11.6 Å². The molecule has 156 valence electrons. The van der Waals surface area contributed by atoms with Gasteiger partial charge < -0.3 is 10.2 Å². The van der Waals surface area contributed by atoms with Crippen LogP contribution in [0.3, 0.4) is 0 Å². The van der Waals surface area contributed by atoms with Crippen molar-refractivity contribution >= 4 is 16.7 Å². The van der Waals surface area contributed by atoms with E-state index in [2.05, 4.69) is 67.0 Å². The predicted molar refractivity (Wildman–Crippen MR) is 121 cm³/mol. The van der Waals surface area contributed by atoms with Gasteiger partial charge in [-0.25, -0.2) is 4.98 Å². The first-order valence-corrected chi connectivity index (χ1v) is 11.0. The average molecular weight is 412 g/mol. The summed E-state index contributed by atoms with van der Waals surface area (Å²) in [6, 6.07) is 17.3. The van der Waals surface area contributed by atoms with Crippen molar-refractivity contribution in [1.29, 1.82) is 0 Å². The molecule has 2 N–H and O–H groups in total. The Bertz CT molecular complexity index is 1200. The standard InChI is InChI=1S/C24H25N7/c1-2-4-16(5-3-1)12-19-15-31(11-10-25-19)22-14-26-30-24(27-22)18-8-9-21-20(13-18)23(29-28-21)17-6-7-17/h1-5,8-9,13-14,17,19,25H,6-7,10-12,15H2,(H,28,29). The van der Waals surface area contributed by atoms with E-state index in [1.54, 1.807) is 6.20 Å². The normalized spacial score (nSPS) is 19.1. The lowest BCUT2D eigenvalue weighted by Gasteiger charge is -2.34. The van der Waals surface area contributed by atoms with E-state index >= 15 is 0 Å². The summed E-state index contributed by atoms with van der Waals surface area (Å²) in [7, 11) is 0. The Morgan fingerprint density at radius 1 is 1.06 bits per heavy atom. The molecule has 2 aliphatic rings. The fourth-order valence-corrected chi connectivity index (χ4v) is 4.49. The highest BCUT2D eigenvalue weighted by molar-refractivity contribution is 5.86. The molecule has 1 aliphatic carbocycles. The molecule has 0 spiro atoms. The van der Waals surface area contributed by atoms with E-state index in [0.29, 0.717) is 17.8 Å². The van der Waals surface area contributed by atoms with Crippen molar-refractivity contribution in [3.63, 3.8) is 0 Å². The molecule has 7 nitrogen and oxygen atoms in total. The molecule has 1 atom stereocenters. The summed E-state index contributed by atoms with van der Waals surface area (Å²) in [6.07, 6.45) is 5.26. The molecule has 0 bridgehead atoms. The molecule has 3 heterocycles. The minimum atomic E-state index is 0.387. The number of nitrogens with one attached hydrogen (secondary N) is 2. The van der Waals surface area contributed by atoms with Crippen LogP contribution in [0.2, 0.25) is 0 Å². The van der Waals surface area contributed by atoms with Crippen molar-refractivity contribution < 1.29 is 0 Å². The first-order valence-electron chi connectivity index (χ1n) is 11.0. The second kappa shape index (κ2) is 7.74. The highest BCUT2D eigenvalue weighted by atomic mass is 15.3. The van der Waals surface area contributed by atoms with Gasteiger partial charge in [0.25, 0.3) is 0 Å². The van der Waals surface area contributed by atoms with Crippen LogP contribution >= 0.6 is 0 Å². The van der Waals surface area contributed by atoms with Crippen molar-refractivity contribution in [3.05, 3.63) is 66.0 Å². The molecule has 0 amide bonds. The molecule has 0 radical (unpaired) electrons. The van der Waals surface area contributed by atoms with Crippen LogP contribution in [0.4, 0.5) is 5.82 Å². The van der Waals surface area contributed by atoms with Crippen LogP contribution in [-0.4, -0.2) is 51.1 Å². The topological polar surface area (TPSA) is 82.6 Å². The zero-order valence-electron chi connectivity index (χ0n) is 17.3. The number of benzene rings is 2. The first kappa shape index (κ1) is 18.4. The van der Waals surface area contributed by atoms with Crippen molar-refractivity contribution in [2.24, 2.45) is 0 Å². The maximum absolute atomic E-state index is 4.88. The van der Waals surface area contributed by atoms with E-state index in [0.717, 1.165) is 43.0 Å². The molecule has 1 saturated carbocycles. The quantitative estimate of drug-likeness (QED) is 0.524. The highest BCUT2D eigenvalue weighted by Crippen LogP contribution is 2.42. The number of aromatic nitrogens is 5. The van der Waals surface area contributed by atoms with Gasteiger partial charge in [-0.1, -0.05) is 30.3 Å². The second-order valence-electron chi connectivity index (χ2n) is 8.57. The first-order chi connectivity index (χ1) is 15.3. The zero-order valence-corrected chi connectivity index (χ0v) is 17.3. The Hall–Kier alpha value is -3.32. The van der Waals surface area contributed by atoms with Crippen LogP contribution < -0.4 is 10.2 Å². The molecule has 2 aromatic heterocycles. The number of rotatable bonds is 5. The minimum Gasteiger partial charge on any atom is -0.352 e. The van der Waals surface area contributed by atoms with E-state index < -0.39 is 0 Å². The average Bonchev–Trinajstić information content (AvgIpc) is 3.58. The molecule has 2 aromatic carbocycles. The van der Waals surface area contributed by atoms with Crippen molar-refractivity contribution in [2.45, 2.75) is 31.2 Å². The summed E-state index contributed by atoms with van der Waals surface area (Å²) in [4.78, 5) is 7.20. The number of hydrogen-bond donors (Lipinski definition) is 2.